The fourth-order valence-corrected chi connectivity index (χ4v) is 10.2. The Kier molecular flexibility index (Phi) is 6.21. The van der Waals surface area contributed by atoms with Gasteiger partial charge in [0.1, 0.15) is 0 Å². The number of fused-ring (bicyclic) bond motifs is 7. The van der Waals surface area contributed by atoms with Crippen LogP contribution in [0.5, 0.6) is 0 Å². The van der Waals surface area contributed by atoms with Gasteiger partial charge in [0, 0.05) is 5.41 Å². The fourth-order valence-electron chi connectivity index (χ4n) is 10.2. The molecule has 12 rings (SSSR count). The van der Waals surface area contributed by atoms with Gasteiger partial charge in [-0.15, -0.1) is 0 Å². The fraction of sp³-hybridized carbons (Fsp3) is 0.0545. The molecule has 0 saturated heterocycles. The van der Waals surface area contributed by atoms with Gasteiger partial charge in [0.25, 0.3) is 0 Å². The van der Waals surface area contributed by atoms with Crippen LogP contribution in [0.2, 0.25) is 0 Å². The monoisotopic (exact) mass is 696 g/mol. The van der Waals surface area contributed by atoms with Gasteiger partial charge in [-0.2, -0.15) is 0 Å². The van der Waals surface area contributed by atoms with Gasteiger partial charge in [-0.05, 0) is 132 Å². The maximum absolute atomic E-state index is 2.50. The minimum Gasteiger partial charge on any atom is -0.0622 e. The van der Waals surface area contributed by atoms with Crippen molar-refractivity contribution in [2.24, 2.45) is 0 Å². The van der Waals surface area contributed by atoms with Crippen molar-refractivity contribution >= 4 is 64.6 Å². The van der Waals surface area contributed by atoms with E-state index in [1.54, 1.807) is 0 Å². The van der Waals surface area contributed by atoms with Gasteiger partial charge >= 0.3 is 0 Å². The van der Waals surface area contributed by atoms with Gasteiger partial charge < -0.3 is 0 Å². The third kappa shape index (κ3) is 4.23. The summed E-state index contributed by atoms with van der Waals surface area (Å²) in [7, 11) is 0. The van der Waals surface area contributed by atoms with Crippen molar-refractivity contribution in [1.29, 1.82) is 0 Å². The topological polar surface area (TPSA) is 0 Å². The van der Waals surface area contributed by atoms with E-state index < -0.39 is 0 Å². The average molecular weight is 697 g/mol. The Labute approximate surface area is 320 Å². The van der Waals surface area contributed by atoms with E-state index in [0.717, 1.165) is 0 Å². The lowest BCUT2D eigenvalue weighted by atomic mass is 9.79. The molecule has 0 atom stereocenters. The van der Waals surface area contributed by atoms with Crippen LogP contribution in [0.4, 0.5) is 0 Å². The van der Waals surface area contributed by atoms with Crippen molar-refractivity contribution < 1.29 is 0 Å². The highest BCUT2D eigenvalue weighted by Crippen LogP contribution is 2.53. The quantitative estimate of drug-likeness (QED) is 0.127. The average Bonchev–Trinajstić information content (AvgIpc) is 3.46. The molecule has 0 bridgehead atoms. The minimum absolute atomic E-state index is 0.147. The molecular weight excluding hydrogens is 661 g/mol. The lowest BCUT2D eigenvalue weighted by Crippen LogP contribution is -2.15. The molecule has 0 N–H and O–H groups in total. The summed E-state index contributed by atoms with van der Waals surface area (Å²) in [5.41, 5.74) is 13.0. The zero-order valence-electron chi connectivity index (χ0n) is 30.8. The van der Waals surface area contributed by atoms with Crippen molar-refractivity contribution in [1.82, 2.24) is 0 Å². The van der Waals surface area contributed by atoms with Crippen molar-refractivity contribution in [3.63, 3.8) is 0 Å². The lowest BCUT2D eigenvalue weighted by molar-refractivity contribution is 0.661. The van der Waals surface area contributed by atoms with Crippen molar-refractivity contribution in [2.75, 3.05) is 0 Å². The van der Waals surface area contributed by atoms with E-state index in [0.29, 0.717) is 0 Å². The van der Waals surface area contributed by atoms with Crippen LogP contribution in [0.25, 0.3) is 109 Å². The van der Waals surface area contributed by atoms with Crippen molar-refractivity contribution in [3.8, 4) is 44.5 Å². The van der Waals surface area contributed by atoms with Crippen LogP contribution >= 0.6 is 0 Å². The van der Waals surface area contributed by atoms with Crippen LogP contribution in [0.3, 0.4) is 0 Å². The largest absolute Gasteiger partial charge is 0.0622 e. The molecule has 0 amide bonds. The molecule has 11 aromatic rings. The molecule has 0 aromatic heterocycles. The van der Waals surface area contributed by atoms with E-state index in [1.165, 1.54) is 120 Å². The Morgan fingerprint density at radius 3 is 1.58 bits per heavy atom. The lowest BCUT2D eigenvalue weighted by Gasteiger charge is -2.24. The Hall–Kier alpha value is -6.76. The Bertz CT molecular complexity index is 3360. The van der Waals surface area contributed by atoms with Gasteiger partial charge in [-0.25, -0.2) is 0 Å². The van der Waals surface area contributed by atoms with Crippen molar-refractivity contribution in [2.45, 2.75) is 19.3 Å². The first-order valence-corrected chi connectivity index (χ1v) is 19.4. The minimum atomic E-state index is -0.147. The third-order valence-electron chi connectivity index (χ3n) is 12.8. The molecular formula is C55H36. The smallest absolute Gasteiger partial charge is 0.0159 e. The molecule has 0 fully saturated rings. The molecule has 0 saturated carbocycles. The van der Waals surface area contributed by atoms with E-state index in [1.807, 2.05) is 0 Å². The predicted octanol–water partition coefficient (Wildman–Crippen LogP) is 15.4. The summed E-state index contributed by atoms with van der Waals surface area (Å²) in [6.07, 6.45) is 0. The second kappa shape index (κ2) is 11.1. The van der Waals surface area contributed by atoms with Gasteiger partial charge in [-0.1, -0.05) is 184 Å². The Morgan fingerprint density at radius 2 is 0.818 bits per heavy atom. The summed E-state index contributed by atoms with van der Waals surface area (Å²) in [4.78, 5) is 0. The molecule has 0 unspecified atom stereocenters. The molecule has 1 aliphatic carbocycles. The van der Waals surface area contributed by atoms with E-state index >= 15 is 0 Å². The van der Waals surface area contributed by atoms with E-state index in [9.17, 15) is 0 Å². The molecule has 11 aromatic carbocycles. The molecule has 0 spiro atoms. The van der Waals surface area contributed by atoms with Crippen molar-refractivity contribution in [3.05, 3.63) is 193 Å². The molecule has 0 heterocycles. The van der Waals surface area contributed by atoms with E-state index in [4.69, 9.17) is 0 Å². The highest BCUT2D eigenvalue weighted by molar-refractivity contribution is 6.32. The summed E-state index contributed by atoms with van der Waals surface area (Å²) in [6.45, 7) is 4.80. The number of hydrogen-bond donors (Lipinski definition) is 0. The highest BCUT2D eigenvalue weighted by Gasteiger charge is 2.36. The standard InChI is InChI=1S/C55H36/c1-55(2)48-31-38(33-11-4-3-5-12-33)24-26-41(48)42-27-25-39(32-49(42)55)51-43-17-8-9-18-44(43)54(53-40-16-7-6-13-34(40)21-30-47(51)53)46-29-23-37-20-19-35-14-10-15-36-22-28-45(46)52(37)50(35)36/h3-32H,1-2H3. The summed E-state index contributed by atoms with van der Waals surface area (Å²) in [6, 6.07) is 68.5. The van der Waals surface area contributed by atoms with Crippen LogP contribution in [0.15, 0.2) is 182 Å². The summed E-state index contributed by atoms with van der Waals surface area (Å²) >= 11 is 0. The second-order valence-corrected chi connectivity index (χ2v) is 16.0. The summed E-state index contributed by atoms with van der Waals surface area (Å²) in [5, 5.41) is 15.6. The van der Waals surface area contributed by atoms with Crippen LogP contribution in [-0.2, 0) is 5.41 Å². The Balaban J connectivity index is 1.16. The molecule has 0 radical (unpaired) electrons. The van der Waals surface area contributed by atoms with Gasteiger partial charge in [0.05, 0.1) is 0 Å². The molecule has 256 valence electrons. The molecule has 0 aliphatic heterocycles. The van der Waals surface area contributed by atoms with E-state index in [-0.39, 0.29) is 5.41 Å². The van der Waals surface area contributed by atoms with Crippen LogP contribution in [0, 0.1) is 0 Å². The number of benzene rings is 11. The third-order valence-corrected chi connectivity index (χ3v) is 12.8. The normalized spacial score (nSPS) is 13.4. The summed E-state index contributed by atoms with van der Waals surface area (Å²) < 4.78 is 0. The zero-order valence-corrected chi connectivity index (χ0v) is 30.8. The molecule has 0 nitrogen and oxygen atoms in total. The highest BCUT2D eigenvalue weighted by atomic mass is 14.4. The van der Waals surface area contributed by atoms with Crippen LogP contribution in [-0.4, -0.2) is 0 Å². The Morgan fingerprint density at radius 1 is 0.291 bits per heavy atom. The van der Waals surface area contributed by atoms with Gasteiger partial charge in [0.2, 0.25) is 0 Å². The van der Waals surface area contributed by atoms with Gasteiger partial charge in [-0.3, -0.25) is 0 Å². The second-order valence-electron chi connectivity index (χ2n) is 16.0. The first-order chi connectivity index (χ1) is 27.0. The predicted molar refractivity (Wildman–Crippen MR) is 237 cm³/mol. The van der Waals surface area contributed by atoms with Gasteiger partial charge in [0.15, 0.2) is 0 Å². The first-order valence-electron chi connectivity index (χ1n) is 19.4. The molecule has 1 aliphatic rings. The van der Waals surface area contributed by atoms with Crippen LogP contribution in [0.1, 0.15) is 25.0 Å². The first kappa shape index (κ1) is 30.7. The summed E-state index contributed by atoms with van der Waals surface area (Å²) in [5.74, 6) is 0. The molecule has 55 heavy (non-hydrogen) atoms. The maximum Gasteiger partial charge on any atom is 0.0159 e. The van der Waals surface area contributed by atoms with Crippen LogP contribution < -0.4 is 0 Å². The number of rotatable bonds is 3. The molecule has 0 heteroatoms. The maximum atomic E-state index is 2.50. The van der Waals surface area contributed by atoms with E-state index in [2.05, 4.69) is 196 Å². The zero-order chi connectivity index (χ0) is 36.4. The SMILES string of the molecule is CC1(C)c2cc(-c3ccccc3)ccc2-c2ccc(-c3c4ccccc4c(-c4ccc5ccc6cccc7ccc4c5c67)c4c3ccc3ccccc34)cc21. The number of hydrogen-bond acceptors (Lipinski definition) is 0.